The quantitative estimate of drug-likeness (QED) is 0.781. The molecule has 128 valence electrons. The van der Waals surface area contributed by atoms with Crippen LogP contribution in [-0.2, 0) is 0 Å². The monoisotopic (exact) mass is 336 g/mol. The summed E-state index contributed by atoms with van der Waals surface area (Å²) in [5.41, 5.74) is 0.957. The third-order valence-corrected chi connectivity index (χ3v) is 4.05. The smallest absolute Gasteiger partial charge is 0.251 e. The first-order chi connectivity index (χ1) is 12.3. The number of carbonyl (C=O) groups excluding carboxylic acids is 1. The van der Waals surface area contributed by atoms with Crippen LogP contribution in [0.15, 0.2) is 36.7 Å². The Kier molecular flexibility index (Phi) is 5.42. The normalized spacial score (nSPS) is 13.3. The summed E-state index contributed by atoms with van der Waals surface area (Å²) in [6, 6.07) is 10.6. The van der Waals surface area contributed by atoms with E-state index in [0.29, 0.717) is 24.2 Å². The number of rotatable bonds is 6. The summed E-state index contributed by atoms with van der Waals surface area (Å²) >= 11 is 0. The van der Waals surface area contributed by atoms with Crippen LogP contribution in [-0.4, -0.2) is 42.1 Å². The summed E-state index contributed by atoms with van der Waals surface area (Å²) in [7, 11) is 0. The molecule has 0 atom stereocenters. The van der Waals surface area contributed by atoms with Crippen LogP contribution in [0.2, 0.25) is 0 Å². The second-order valence-corrected chi connectivity index (χ2v) is 5.83. The molecule has 25 heavy (non-hydrogen) atoms. The Labute approximate surface area is 146 Å². The van der Waals surface area contributed by atoms with Crippen LogP contribution < -0.4 is 15.5 Å². The average molecular weight is 336 g/mol. The molecule has 2 N–H and O–H groups in total. The van der Waals surface area contributed by atoms with Gasteiger partial charge < -0.3 is 15.5 Å². The molecule has 0 bridgehead atoms. The SMILES string of the molecule is N#Cc1cccc(C(=O)NCCNc2cc(N3CCCC3)ncn2)c1. The maximum atomic E-state index is 12.1. The molecule has 1 saturated heterocycles. The van der Waals surface area contributed by atoms with Crippen molar-refractivity contribution in [1.29, 1.82) is 5.26 Å². The fraction of sp³-hybridized carbons (Fsp3) is 0.333. The Morgan fingerprint density at radius 2 is 2.04 bits per heavy atom. The highest BCUT2D eigenvalue weighted by atomic mass is 16.1. The summed E-state index contributed by atoms with van der Waals surface area (Å²) in [4.78, 5) is 22.8. The summed E-state index contributed by atoms with van der Waals surface area (Å²) in [5, 5.41) is 14.9. The van der Waals surface area contributed by atoms with Gasteiger partial charge in [0.15, 0.2) is 0 Å². The molecule has 1 fully saturated rings. The van der Waals surface area contributed by atoms with Crippen molar-refractivity contribution in [3.05, 3.63) is 47.8 Å². The molecule has 7 heteroatoms. The first-order valence-corrected chi connectivity index (χ1v) is 8.35. The van der Waals surface area contributed by atoms with E-state index in [2.05, 4.69) is 25.5 Å². The molecule has 0 radical (unpaired) electrons. The van der Waals surface area contributed by atoms with Crippen molar-refractivity contribution in [3.8, 4) is 6.07 Å². The van der Waals surface area contributed by atoms with Crippen molar-refractivity contribution in [1.82, 2.24) is 15.3 Å². The summed E-state index contributed by atoms with van der Waals surface area (Å²) in [6.45, 7) is 3.08. The number of nitriles is 1. The second kappa shape index (κ2) is 8.11. The minimum absolute atomic E-state index is 0.195. The van der Waals surface area contributed by atoms with E-state index in [1.807, 2.05) is 12.1 Å². The van der Waals surface area contributed by atoms with E-state index < -0.39 is 0 Å². The molecular weight excluding hydrogens is 316 g/mol. The maximum Gasteiger partial charge on any atom is 0.251 e. The van der Waals surface area contributed by atoms with Crippen LogP contribution >= 0.6 is 0 Å². The lowest BCUT2D eigenvalue weighted by molar-refractivity contribution is 0.0955. The molecule has 0 spiro atoms. The number of anilines is 2. The standard InChI is InChI=1S/C18H20N6O/c19-12-14-4-3-5-15(10-14)18(25)21-7-6-20-16-11-17(23-13-22-16)24-8-1-2-9-24/h3-5,10-11,13H,1-2,6-9H2,(H,21,25)(H,20,22,23). The Balaban J connectivity index is 1.47. The number of carbonyl (C=O) groups is 1. The summed E-state index contributed by atoms with van der Waals surface area (Å²) in [5.74, 6) is 1.49. The van der Waals surface area contributed by atoms with Crippen molar-refractivity contribution < 1.29 is 4.79 Å². The van der Waals surface area contributed by atoms with Gasteiger partial charge in [0.25, 0.3) is 5.91 Å². The van der Waals surface area contributed by atoms with Crippen LogP contribution in [0.25, 0.3) is 0 Å². The number of nitrogens with zero attached hydrogens (tertiary/aromatic N) is 4. The van der Waals surface area contributed by atoms with E-state index in [0.717, 1.165) is 24.7 Å². The number of amides is 1. The van der Waals surface area contributed by atoms with E-state index >= 15 is 0 Å². The van der Waals surface area contributed by atoms with Gasteiger partial charge in [-0.3, -0.25) is 4.79 Å². The number of hydrogen-bond acceptors (Lipinski definition) is 6. The van der Waals surface area contributed by atoms with Gasteiger partial charge in [0.2, 0.25) is 0 Å². The molecule has 1 aliphatic heterocycles. The fourth-order valence-electron chi connectivity index (χ4n) is 2.76. The van der Waals surface area contributed by atoms with Gasteiger partial charge in [-0.2, -0.15) is 5.26 Å². The van der Waals surface area contributed by atoms with E-state index in [4.69, 9.17) is 5.26 Å². The minimum atomic E-state index is -0.195. The van der Waals surface area contributed by atoms with Gasteiger partial charge in [0.1, 0.15) is 18.0 Å². The van der Waals surface area contributed by atoms with E-state index in [9.17, 15) is 4.79 Å². The second-order valence-electron chi connectivity index (χ2n) is 5.83. The van der Waals surface area contributed by atoms with E-state index in [-0.39, 0.29) is 5.91 Å². The maximum absolute atomic E-state index is 12.1. The zero-order valence-electron chi connectivity index (χ0n) is 13.9. The van der Waals surface area contributed by atoms with E-state index in [1.165, 1.54) is 12.8 Å². The number of nitrogens with one attached hydrogen (secondary N) is 2. The van der Waals surface area contributed by atoms with Gasteiger partial charge in [-0.15, -0.1) is 0 Å². The molecule has 3 rings (SSSR count). The predicted octanol–water partition coefficient (Wildman–Crippen LogP) is 1.79. The van der Waals surface area contributed by atoms with Crippen LogP contribution in [0.4, 0.5) is 11.6 Å². The lowest BCUT2D eigenvalue weighted by atomic mass is 10.1. The highest BCUT2D eigenvalue weighted by molar-refractivity contribution is 5.94. The lowest BCUT2D eigenvalue weighted by Gasteiger charge is -2.16. The Morgan fingerprint density at radius 1 is 1.20 bits per heavy atom. The topological polar surface area (TPSA) is 93.9 Å². The number of hydrogen-bond donors (Lipinski definition) is 2. The van der Waals surface area contributed by atoms with Crippen molar-refractivity contribution in [2.24, 2.45) is 0 Å². The Bertz CT molecular complexity index is 779. The molecule has 1 aliphatic rings. The zero-order chi connectivity index (χ0) is 17.5. The number of aromatic nitrogens is 2. The van der Waals surface area contributed by atoms with Crippen LogP contribution in [0.3, 0.4) is 0 Å². The molecule has 2 aromatic rings. The van der Waals surface area contributed by atoms with Gasteiger partial charge >= 0.3 is 0 Å². The van der Waals surface area contributed by atoms with Gasteiger partial charge in [-0.1, -0.05) is 6.07 Å². The highest BCUT2D eigenvalue weighted by Gasteiger charge is 2.13. The molecular formula is C18H20N6O. The van der Waals surface area contributed by atoms with Crippen LogP contribution in [0.1, 0.15) is 28.8 Å². The molecule has 0 unspecified atom stereocenters. The van der Waals surface area contributed by atoms with Gasteiger partial charge in [0, 0.05) is 37.8 Å². The largest absolute Gasteiger partial charge is 0.368 e. The summed E-state index contributed by atoms with van der Waals surface area (Å²) in [6.07, 6.45) is 3.96. The van der Waals surface area contributed by atoms with Gasteiger partial charge in [-0.05, 0) is 31.0 Å². The minimum Gasteiger partial charge on any atom is -0.368 e. The van der Waals surface area contributed by atoms with Crippen LogP contribution in [0, 0.1) is 11.3 Å². The summed E-state index contributed by atoms with van der Waals surface area (Å²) < 4.78 is 0. The van der Waals surface area contributed by atoms with Crippen molar-refractivity contribution in [2.75, 3.05) is 36.4 Å². The molecule has 2 heterocycles. The molecule has 1 aromatic heterocycles. The third kappa shape index (κ3) is 4.44. The highest BCUT2D eigenvalue weighted by Crippen LogP contribution is 2.18. The molecule has 1 amide bonds. The lowest BCUT2D eigenvalue weighted by Crippen LogP contribution is -2.29. The number of benzene rings is 1. The van der Waals surface area contributed by atoms with Crippen molar-refractivity contribution >= 4 is 17.5 Å². The fourth-order valence-corrected chi connectivity index (χ4v) is 2.76. The predicted molar refractivity (Wildman–Crippen MR) is 95.5 cm³/mol. The molecule has 1 aromatic carbocycles. The van der Waals surface area contributed by atoms with Gasteiger partial charge in [0.05, 0.1) is 11.6 Å². The van der Waals surface area contributed by atoms with Crippen molar-refractivity contribution in [3.63, 3.8) is 0 Å². The van der Waals surface area contributed by atoms with E-state index in [1.54, 1.807) is 30.6 Å². The molecule has 0 aliphatic carbocycles. The first-order valence-electron chi connectivity index (χ1n) is 8.35. The van der Waals surface area contributed by atoms with Crippen LogP contribution in [0.5, 0.6) is 0 Å². The Morgan fingerprint density at radius 3 is 2.84 bits per heavy atom. The molecule has 0 saturated carbocycles. The Hall–Kier alpha value is -3.14. The average Bonchev–Trinajstić information content (AvgIpc) is 3.20. The zero-order valence-corrected chi connectivity index (χ0v) is 13.9. The molecule has 7 nitrogen and oxygen atoms in total. The third-order valence-electron chi connectivity index (χ3n) is 4.05. The van der Waals surface area contributed by atoms with Gasteiger partial charge in [-0.25, -0.2) is 9.97 Å². The van der Waals surface area contributed by atoms with Crippen molar-refractivity contribution in [2.45, 2.75) is 12.8 Å². The first kappa shape index (κ1) is 16.7.